The molecular formula is C45H41N5O6. The quantitative estimate of drug-likeness (QED) is 0.102. The average Bonchev–Trinajstić information content (AvgIpc) is 3.58. The molecule has 1 aliphatic heterocycles. The molecule has 11 nitrogen and oxygen atoms in total. The molecular weight excluding hydrogens is 707 g/mol. The number of methoxy groups -OCH3 is 4. The molecule has 0 unspecified atom stereocenters. The number of ether oxygens (including phenoxy) is 5. The van der Waals surface area contributed by atoms with Crippen molar-refractivity contribution in [1.29, 1.82) is 0 Å². The van der Waals surface area contributed by atoms with Crippen molar-refractivity contribution >= 4 is 23.8 Å². The summed E-state index contributed by atoms with van der Waals surface area (Å²) >= 11 is 0. The van der Waals surface area contributed by atoms with Crippen LogP contribution in [0.2, 0.25) is 0 Å². The summed E-state index contributed by atoms with van der Waals surface area (Å²) in [4.78, 5) is 35.3. The number of amidine groups is 1. The highest BCUT2D eigenvalue weighted by Gasteiger charge is 2.35. The van der Waals surface area contributed by atoms with Gasteiger partial charge in [-0.25, -0.2) is 19.9 Å². The molecule has 4 aromatic carbocycles. The number of amides is 1. The first-order chi connectivity index (χ1) is 27.4. The Morgan fingerprint density at radius 3 is 1.88 bits per heavy atom. The predicted molar refractivity (Wildman–Crippen MR) is 217 cm³/mol. The van der Waals surface area contributed by atoms with Gasteiger partial charge in [-0.1, -0.05) is 43.3 Å². The van der Waals surface area contributed by atoms with Crippen LogP contribution in [0.3, 0.4) is 0 Å². The fraction of sp³-hybridized carbons (Fsp3) is 0.178. The van der Waals surface area contributed by atoms with Gasteiger partial charge in [-0.05, 0) is 96.4 Å². The van der Waals surface area contributed by atoms with Crippen LogP contribution in [0.15, 0.2) is 126 Å². The third-order valence-electron chi connectivity index (χ3n) is 9.25. The fourth-order valence-corrected chi connectivity index (χ4v) is 6.23. The number of anilines is 1. The number of nitrogens with zero attached hydrogens (tertiary/aromatic N) is 5. The zero-order chi connectivity index (χ0) is 39.0. The number of hydrogen-bond acceptors (Lipinski definition) is 10. The Bertz CT molecular complexity index is 2350. The molecule has 0 spiro atoms. The van der Waals surface area contributed by atoms with Gasteiger partial charge >= 0.3 is 0 Å². The zero-order valence-electron chi connectivity index (χ0n) is 31.9. The fourth-order valence-electron chi connectivity index (χ4n) is 6.23. The molecule has 0 bridgehead atoms. The van der Waals surface area contributed by atoms with Crippen molar-refractivity contribution in [1.82, 2.24) is 15.0 Å². The van der Waals surface area contributed by atoms with Gasteiger partial charge in [0.15, 0.2) is 17.3 Å². The minimum atomic E-state index is -0.405. The van der Waals surface area contributed by atoms with Crippen LogP contribution >= 0.6 is 0 Å². The Kier molecular flexibility index (Phi) is 11.3. The molecule has 11 heteroatoms. The summed E-state index contributed by atoms with van der Waals surface area (Å²) in [5.74, 6) is 2.91. The molecule has 7 rings (SSSR count). The smallest absolute Gasteiger partial charge is 0.285 e. The number of carbonyl (C=O) groups excluding carboxylic acids is 1. The number of benzene rings is 4. The Hall–Kier alpha value is -7.01. The second-order valence-electron chi connectivity index (χ2n) is 12.7. The molecule has 6 aromatic rings. The van der Waals surface area contributed by atoms with Gasteiger partial charge in [0.2, 0.25) is 11.7 Å². The first-order valence-electron chi connectivity index (χ1n) is 18.1. The molecule has 0 aliphatic carbocycles. The summed E-state index contributed by atoms with van der Waals surface area (Å²) < 4.78 is 28.1. The molecule has 56 heavy (non-hydrogen) atoms. The standard InChI is InChI=1S/C45H41N5O6/c1-6-29-12-17-34(46-28-29)22-23-56-36-20-15-32(16-21-36)38-27-37(31-13-18-35(52-2)19-14-31)48-45(49-38)50-43(33-10-8-7-9-11-33)47-39(44(50)51)24-30-25-40(53-3)42(55-5)41(26-30)54-4/h7-21,24-28H,6,22-23H2,1-5H3/b39-24-. The second kappa shape index (κ2) is 17.0. The Labute approximate surface area is 325 Å². The number of aliphatic imine (C=N–C) groups is 1. The summed E-state index contributed by atoms with van der Waals surface area (Å²) in [6, 6.07) is 34.3. The first-order valence-corrected chi connectivity index (χ1v) is 18.1. The third-order valence-corrected chi connectivity index (χ3v) is 9.25. The molecule has 0 fully saturated rings. The summed E-state index contributed by atoms with van der Waals surface area (Å²) in [7, 11) is 6.24. The maximum Gasteiger partial charge on any atom is 0.285 e. The lowest BCUT2D eigenvalue weighted by Crippen LogP contribution is -2.34. The van der Waals surface area contributed by atoms with Crippen molar-refractivity contribution in [2.45, 2.75) is 19.8 Å². The van der Waals surface area contributed by atoms with E-state index in [1.54, 1.807) is 39.5 Å². The SMILES string of the molecule is CCc1ccc(CCOc2ccc(-c3cc(-c4ccc(OC)cc4)nc(N4C(=O)/C(=C/c5cc(OC)c(OC)c(OC)c5)N=C4c4ccccc4)n3)cc2)nc1. The Balaban J connectivity index is 1.26. The average molecular weight is 748 g/mol. The Morgan fingerprint density at radius 2 is 1.32 bits per heavy atom. The highest BCUT2D eigenvalue weighted by atomic mass is 16.5. The van der Waals surface area contributed by atoms with E-state index in [0.717, 1.165) is 29.0 Å². The lowest BCUT2D eigenvalue weighted by atomic mass is 10.1. The van der Waals surface area contributed by atoms with Crippen molar-refractivity contribution in [3.05, 3.63) is 143 Å². The van der Waals surface area contributed by atoms with Crippen LogP contribution in [0.1, 0.15) is 29.3 Å². The van der Waals surface area contributed by atoms with Gasteiger partial charge in [0.05, 0.1) is 46.4 Å². The van der Waals surface area contributed by atoms with Crippen molar-refractivity contribution in [3.63, 3.8) is 0 Å². The molecule has 0 radical (unpaired) electrons. The third kappa shape index (κ3) is 8.07. The van der Waals surface area contributed by atoms with E-state index in [1.165, 1.54) is 17.6 Å². The van der Waals surface area contributed by atoms with Gasteiger partial charge in [0, 0.05) is 35.0 Å². The van der Waals surface area contributed by atoms with Gasteiger partial charge in [-0.15, -0.1) is 0 Å². The summed E-state index contributed by atoms with van der Waals surface area (Å²) in [6.45, 7) is 2.60. The topological polar surface area (TPSA) is 117 Å². The van der Waals surface area contributed by atoms with Gasteiger partial charge in [0.1, 0.15) is 17.2 Å². The molecule has 0 N–H and O–H groups in total. The van der Waals surface area contributed by atoms with E-state index in [0.29, 0.717) is 64.4 Å². The van der Waals surface area contributed by atoms with Crippen LogP contribution in [-0.4, -0.2) is 61.7 Å². The van der Waals surface area contributed by atoms with Gasteiger partial charge in [-0.2, -0.15) is 0 Å². The van der Waals surface area contributed by atoms with Gasteiger partial charge in [0.25, 0.3) is 5.91 Å². The van der Waals surface area contributed by atoms with E-state index in [-0.39, 0.29) is 11.6 Å². The van der Waals surface area contributed by atoms with E-state index < -0.39 is 5.91 Å². The first kappa shape index (κ1) is 37.3. The highest BCUT2D eigenvalue weighted by molar-refractivity contribution is 6.32. The van der Waals surface area contributed by atoms with Crippen LogP contribution in [0.4, 0.5) is 5.95 Å². The predicted octanol–water partition coefficient (Wildman–Crippen LogP) is 8.26. The van der Waals surface area contributed by atoms with E-state index in [2.05, 4.69) is 18.0 Å². The van der Waals surface area contributed by atoms with Crippen molar-refractivity contribution in [2.24, 2.45) is 4.99 Å². The van der Waals surface area contributed by atoms with Crippen LogP contribution in [0, 0.1) is 0 Å². The van der Waals surface area contributed by atoms with Crippen molar-refractivity contribution < 1.29 is 28.5 Å². The second-order valence-corrected chi connectivity index (χ2v) is 12.7. The summed E-state index contributed by atoms with van der Waals surface area (Å²) in [5.41, 5.74) is 6.55. The van der Waals surface area contributed by atoms with Gasteiger partial charge < -0.3 is 23.7 Å². The van der Waals surface area contributed by atoms with Gasteiger partial charge in [-0.3, -0.25) is 9.78 Å². The molecule has 0 saturated carbocycles. The van der Waals surface area contributed by atoms with E-state index in [4.69, 9.17) is 38.6 Å². The maximum atomic E-state index is 14.5. The number of aromatic nitrogens is 3. The van der Waals surface area contributed by atoms with E-state index in [1.807, 2.05) is 97.2 Å². The zero-order valence-corrected chi connectivity index (χ0v) is 31.9. The summed E-state index contributed by atoms with van der Waals surface area (Å²) in [5, 5.41) is 0. The lowest BCUT2D eigenvalue weighted by molar-refractivity contribution is -0.113. The van der Waals surface area contributed by atoms with Crippen LogP contribution in [0.25, 0.3) is 28.6 Å². The number of hydrogen-bond donors (Lipinski definition) is 0. The number of carbonyl (C=O) groups is 1. The molecule has 3 heterocycles. The Morgan fingerprint density at radius 1 is 0.679 bits per heavy atom. The van der Waals surface area contributed by atoms with Crippen LogP contribution in [0.5, 0.6) is 28.7 Å². The highest BCUT2D eigenvalue weighted by Crippen LogP contribution is 2.39. The minimum absolute atomic E-state index is 0.163. The molecule has 282 valence electrons. The molecule has 1 amide bonds. The lowest BCUT2D eigenvalue weighted by Gasteiger charge is -2.18. The van der Waals surface area contributed by atoms with Crippen LogP contribution in [-0.2, 0) is 17.6 Å². The van der Waals surface area contributed by atoms with Crippen LogP contribution < -0.4 is 28.6 Å². The van der Waals surface area contributed by atoms with Crippen molar-refractivity contribution in [3.8, 4) is 51.3 Å². The minimum Gasteiger partial charge on any atom is -0.497 e. The normalized spacial score (nSPS) is 13.1. The largest absolute Gasteiger partial charge is 0.497 e. The monoisotopic (exact) mass is 747 g/mol. The maximum absolute atomic E-state index is 14.5. The van der Waals surface area contributed by atoms with E-state index >= 15 is 0 Å². The summed E-state index contributed by atoms with van der Waals surface area (Å²) in [6.07, 6.45) is 5.24. The number of rotatable bonds is 14. The molecule has 2 aromatic heterocycles. The molecule has 1 aliphatic rings. The number of aryl methyl sites for hydroxylation is 1. The van der Waals surface area contributed by atoms with E-state index in [9.17, 15) is 4.79 Å². The molecule has 0 saturated heterocycles. The molecule has 0 atom stereocenters. The number of pyridine rings is 1. The van der Waals surface area contributed by atoms with Crippen molar-refractivity contribution in [2.75, 3.05) is 39.9 Å².